The topological polar surface area (TPSA) is 41.1 Å². The summed E-state index contributed by atoms with van der Waals surface area (Å²) in [6, 6.07) is 18.0. The molecule has 0 aliphatic carbocycles. The van der Waals surface area contributed by atoms with Gasteiger partial charge < -0.3 is 9.47 Å². The maximum Gasteiger partial charge on any atom is 0.152 e. The van der Waals surface area contributed by atoms with Crippen molar-refractivity contribution in [1.29, 1.82) is 0 Å². The molecule has 0 bridgehead atoms. The predicted molar refractivity (Wildman–Crippen MR) is 134 cm³/mol. The minimum atomic E-state index is 0.572. The summed E-state index contributed by atoms with van der Waals surface area (Å²) in [5.41, 5.74) is 5.06. The van der Waals surface area contributed by atoms with E-state index in [-0.39, 0.29) is 0 Å². The van der Waals surface area contributed by atoms with Crippen molar-refractivity contribution in [1.82, 2.24) is 19.7 Å². The van der Waals surface area contributed by atoms with Crippen LogP contribution in [-0.2, 0) is 24.4 Å². The molecule has 0 atom stereocenters. The van der Waals surface area contributed by atoms with Crippen molar-refractivity contribution in [3.8, 4) is 5.75 Å². The first kappa shape index (κ1) is 22.0. The van der Waals surface area contributed by atoms with Crippen LogP contribution < -0.4 is 4.74 Å². The third-order valence-electron chi connectivity index (χ3n) is 7.58. The molecule has 178 valence electrons. The molecule has 4 heterocycles. The number of benzene rings is 2. The third-order valence-corrected chi connectivity index (χ3v) is 7.58. The Kier molecular flexibility index (Phi) is 6.47. The van der Waals surface area contributed by atoms with Crippen molar-refractivity contribution in [2.45, 2.75) is 38.5 Å². The molecule has 2 aromatic carbocycles. The lowest BCUT2D eigenvalue weighted by Crippen LogP contribution is -2.47. The molecule has 6 nitrogen and oxygen atoms in total. The van der Waals surface area contributed by atoms with Crippen molar-refractivity contribution in [3.05, 3.63) is 71.4 Å². The molecule has 0 saturated carbocycles. The standard InChI is InChI=1S/C28H34N4O2/c1-2-5-22(6-3-1)18-30-11-8-25(9-12-30)32-20-24-17-23(19-31-13-15-33-16-14-31)26-7-4-10-29-27(26)28(24)34-21-32/h1-7,10,17,25H,8-9,11-16,18-21H2. The first-order valence-corrected chi connectivity index (χ1v) is 12.7. The average Bonchev–Trinajstić information content (AvgIpc) is 2.90. The van der Waals surface area contributed by atoms with Crippen LogP contribution >= 0.6 is 0 Å². The van der Waals surface area contributed by atoms with E-state index >= 15 is 0 Å². The van der Waals surface area contributed by atoms with Gasteiger partial charge in [0.25, 0.3) is 0 Å². The molecule has 3 aromatic rings. The van der Waals surface area contributed by atoms with Crippen LogP contribution in [0.25, 0.3) is 10.9 Å². The normalized spacial score (nSPS) is 20.8. The van der Waals surface area contributed by atoms with Crippen molar-refractivity contribution in [2.75, 3.05) is 46.1 Å². The molecule has 6 rings (SSSR count). The number of piperidine rings is 1. The van der Waals surface area contributed by atoms with E-state index in [0.717, 1.165) is 70.3 Å². The van der Waals surface area contributed by atoms with Crippen LogP contribution in [0.2, 0.25) is 0 Å². The highest BCUT2D eigenvalue weighted by molar-refractivity contribution is 5.89. The summed E-state index contributed by atoms with van der Waals surface area (Å²) >= 11 is 0. The van der Waals surface area contributed by atoms with Gasteiger partial charge in [0.05, 0.1) is 13.2 Å². The predicted octanol–water partition coefficient (Wildman–Crippen LogP) is 3.88. The van der Waals surface area contributed by atoms with Gasteiger partial charge in [-0.2, -0.15) is 0 Å². The lowest BCUT2D eigenvalue weighted by Gasteiger charge is -2.40. The SMILES string of the molecule is c1ccc(CN2CCC(N3COc4c(cc(CN5CCOCC5)c5cccnc45)C3)CC2)cc1. The highest BCUT2D eigenvalue weighted by atomic mass is 16.5. The van der Waals surface area contributed by atoms with E-state index in [2.05, 4.69) is 57.2 Å². The van der Waals surface area contributed by atoms with E-state index in [1.807, 2.05) is 12.3 Å². The number of hydrogen-bond acceptors (Lipinski definition) is 6. The van der Waals surface area contributed by atoms with Crippen LogP contribution in [-0.4, -0.2) is 71.8 Å². The molecule has 0 N–H and O–H groups in total. The smallest absolute Gasteiger partial charge is 0.152 e. The quantitative estimate of drug-likeness (QED) is 0.578. The second-order valence-corrected chi connectivity index (χ2v) is 9.83. The number of fused-ring (bicyclic) bond motifs is 3. The van der Waals surface area contributed by atoms with Crippen LogP contribution in [0.4, 0.5) is 0 Å². The molecule has 0 spiro atoms. The zero-order chi connectivity index (χ0) is 22.7. The highest BCUT2D eigenvalue weighted by Gasteiger charge is 2.30. The van der Waals surface area contributed by atoms with E-state index in [0.29, 0.717) is 12.8 Å². The number of likely N-dealkylation sites (tertiary alicyclic amines) is 1. The summed E-state index contributed by atoms with van der Waals surface area (Å²) < 4.78 is 11.9. The first-order valence-electron chi connectivity index (χ1n) is 12.7. The van der Waals surface area contributed by atoms with Crippen molar-refractivity contribution in [2.24, 2.45) is 0 Å². The molecular formula is C28H34N4O2. The average molecular weight is 459 g/mol. The summed E-state index contributed by atoms with van der Waals surface area (Å²) in [5.74, 6) is 0.985. The zero-order valence-electron chi connectivity index (χ0n) is 19.9. The Labute approximate surface area is 202 Å². The molecule has 34 heavy (non-hydrogen) atoms. The van der Waals surface area contributed by atoms with Crippen molar-refractivity contribution in [3.63, 3.8) is 0 Å². The molecule has 2 fully saturated rings. The maximum absolute atomic E-state index is 6.39. The summed E-state index contributed by atoms with van der Waals surface area (Å²) in [4.78, 5) is 12.4. The summed E-state index contributed by atoms with van der Waals surface area (Å²) in [6.45, 7) is 9.50. The Hall–Kier alpha value is -2.51. The van der Waals surface area contributed by atoms with Crippen LogP contribution in [0.15, 0.2) is 54.7 Å². The fourth-order valence-corrected chi connectivity index (χ4v) is 5.69. The fraction of sp³-hybridized carbons (Fsp3) is 0.464. The van der Waals surface area contributed by atoms with Crippen molar-refractivity contribution >= 4 is 10.9 Å². The minimum absolute atomic E-state index is 0.572. The number of morpholine rings is 1. The highest BCUT2D eigenvalue weighted by Crippen LogP contribution is 2.36. The minimum Gasteiger partial charge on any atom is -0.475 e. The third kappa shape index (κ3) is 4.68. The first-order chi connectivity index (χ1) is 16.8. The summed E-state index contributed by atoms with van der Waals surface area (Å²) in [7, 11) is 0. The second-order valence-electron chi connectivity index (χ2n) is 9.83. The van der Waals surface area contributed by atoms with Gasteiger partial charge in [0.2, 0.25) is 0 Å². The van der Waals surface area contributed by atoms with Crippen LogP contribution in [0.3, 0.4) is 0 Å². The summed E-state index contributed by atoms with van der Waals surface area (Å²) in [5, 5.41) is 1.22. The molecule has 0 radical (unpaired) electrons. The Morgan fingerprint density at radius 3 is 2.50 bits per heavy atom. The monoisotopic (exact) mass is 458 g/mol. The molecule has 0 unspecified atom stereocenters. The molecule has 3 aliphatic rings. The molecule has 6 heteroatoms. The Bertz CT molecular complexity index is 1110. The Balaban J connectivity index is 1.16. The largest absolute Gasteiger partial charge is 0.475 e. The van der Waals surface area contributed by atoms with E-state index in [4.69, 9.17) is 14.5 Å². The number of hydrogen-bond donors (Lipinski definition) is 0. The number of ether oxygens (including phenoxy) is 2. The van der Waals surface area contributed by atoms with Gasteiger partial charge in [0.15, 0.2) is 5.75 Å². The molecular weight excluding hydrogens is 424 g/mol. The van der Waals surface area contributed by atoms with Gasteiger partial charge >= 0.3 is 0 Å². The molecule has 2 saturated heterocycles. The van der Waals surface area contributed by atoms with Gasteiger partial charge in [-0.15, -0.1) is 0 Å². The Morgan fingerprint density at radius 2 is 1.68 bits per heavy atom. The fourth-order valence-electron chi connectivity index (χ4n) is 5.69. The number of rotatable bonds is 5. The van der Waals surface area contributed by atoms with E-state index in [1.165, 1.54) is 34.9 Å². The van der Waals surface area contributed by atoms with E-state index in [1.54, 1.807) is 0 Å². The van der Waals surface area contributed by atoms with Crippen LogP contribution in [0, 0.1) is 0 Å². The maximum atomic E-state index is 6.39. The van der Waals surface area contributed by atoms with Crippen LogP contribution in [0.1, 0.15) is 29.5 Å². The van der Waals surface area contributed by atoms with E-state index in [9.17, 15) is 0 Å². The number of nitrogens with zero attached hydrogens (tertiary/aromatic N) is 4. The number of aromatic nitrogens is 1. The van der Waals surface area contributed by atoms with Crippen molar-refractivity contribution < 1.29 is 9.47 Å². The second kappa shape index (κ2) is 10.0. The van der Waals surface area contributed by atoms with Gasteiger partial charge in [-0.3, -0.25) is 19.7 Å². The van der Waals surface area contributed by atoms with Gasteiger partial charge in [-0.25, -0.2) is 0 Å². The molecule has 1 aromatic heterocycles. The Morgan fingerprint density at radius 1 is 0.882 bits per heavy atom. The van der Waals surface area contributed by atoms with Crippen LogP contribution in [0.5, 0.6) is 5.75 Å². The zero-order valence-corrected chi connectivity index (χ0v) is 19.9. The van der Waals surface area contributed by atoms with Gasteiger partial charge in [0.1, 0.15) is 12.2 Å². The molecule has 0 amide bonds. The van der Waals surface area contributed by atoms with Gasteiger partial charge in [0, 0.05) is 55.9 Å². The molecule has 3 aliphatic heterocycles. The van der Waals surface area contributed by atoms with Gasteiger partial charge in [-0.1, -0.05) is 36.4 Å². The van der Waals surface area contributed by atoms with Gasteiger partial charge in [-0.05, 0) is 49.2 Å². The van der Waals surface area contributed by atoms with E-state index < -0.39 is 0 Å². The lowest BCUT2D eigenvalue weighted by atomic mass is 9.98. The lowest BCUT2D eigenvalue weighted by molar-refractivity contribution is 0.0246. The number of pyridine rings is 1. The summed E-state index contributed by atoms with van der Waals surface area (Å²) in [6.07, 6.45) is 4.27.